The van der Waals surface area contributed by atoms with E-state index in [1.54, 1.807) is 0 Å². The molecular weight excluding hydrogens is 214 g/mol. The fraction of sp³-hybridized carbons (Fsp3) is 0.231. The van der Waals surface area contributed by atoms with Crippen LogP contribution in [0.2, 0.25) is 0 Å². The maximum Gasteiger partial charge on any atom is 0.230 e. The normalized spacial score (nSPS) is 13.6. The summed E-state index contributed by atoms with van der Waals surface area (Å²) in [6, 6.07) is 6.04. The van der Waals surface area contributed by atoms with Gasteiger partial charge in [-0.15, -0.1) is 0 Å². The highest BCUT2D eigenvalue weighted by molar-refractivity contribution is 5.99. The highest BCUT2D eigenvalue weighted by Gasteiger charge is 2.21. The Kier molecular flexibility index (Phi) is 2.04. The van der Waals surface area contributed by atoms with Crippen LogP contribution in [0.1, 0.15) is 17.1 Å². The summed E-state index contributed by atoms with van der Waals surface area (Å²) in [7, 11) is 0. The van der Waals surface area contributed by atoms with Crippen molar-refractivity contribution in [3.05, 3.63) is 35.3 Å². The summed E-state index contributed by atoms with van der Waals surface area (Å²) < 4.78 is 0. The van der Waals surface area contributed by atoms with Crippen molar-refractivity contribution < 1.29 is 4.79 Å². The first-order valence-corrected chi connectivity index (χ1v) is 5.60. The number of aryl methyl sites for hydroxylation is 2. The Labute approximate surface area is 99.1 Å². The molecule has 0 saturated carbocycles. The van der Waals surface area contributed by atoms with Crippen molar-refractivity contribution >= 4 is 11.6 Å². The van der Waals surface area contributed by atoms with Gasteiger partial charge in [0.2, 0.25) is 5.91 Å². The Morgan fingerprint density at radius 2 is 2.12 bits per heavy atom. The van der Waals surface area contributed by atoms with Crippen molar-refractivity contribution in [1.82, 2.24) is 9.97 Å². The SMILES string of the molecule is Cc1ccc2c(c1)NC(=O)Cc1nc(C)[nH]c1-2. The van der Waals surface area contributed by atoms with Crippen molar-refractivity contribution in [3.63, 3.8) is 0 Å². The number of amides is 1. The van der Waals surface area contributed by atoms with Crippen molar-refractivity contribution in [3.8, 4) is 11.3 Å². The third-order valence-corrected chi connectivity index (χ3v) is 2.94. The molecule has 0 saturated heterocycles. The van der Waals surface area contributed by atoms with Gasteiger partial charge in [0, 0.05) is 5.56 Å². The van der Waals surface area contributed by atoms with Gasteiger partial charge in [-0.1, -0.05) is 12.1 Å². The summed E-state index contributed by atoms with van der Waals surface area (Å²) in [4.78, 5) is 19.4. The van der Waals surface area contributed by atoms with E-state index in [1.807, 2.05) is 32.0 Å². The van der Waals surface area contributed by atoms with Crippen molar-refractivity contribution in [1.29, 1.82) is 0 Å². The number of fused-ring (bicyclic) bond motifs is 3. The average Bonchev–Trinajstić information content (AvgIpc) is 2.53. The van der Waals surface area contributed by atoms with Gasteiger partial charge in [-0.05, 0) is 25.5 Å². The first-order chi connectivity index (χ1) is 8.13. The summed E-state index contributed by atoms with van der Waals surface area (Å²) in [5.41, 5.74) is 4.77. The van der Waals surface area contributed by atoms with Crippen molar-refractivity contribution in [2.75, 3.05) is 5.32 Å². The minimum Gasteiger partial charge on any atom is -0.342 e. The van der Waals surface area contributed by atoms with E-state index >= 15 is 0 Å². The Hall–Kier alpha value is -2.10. The van der Waals surface area contributed by atoms with Gasteiger partial charge in [-0.3, -0.25) is 4.79 Å². The van der Waals surface area contributed by atoms with Crippen LogP contribution in [-0.2, 0) is 11.2 Å². The van der Waals surface area contributed by atoms with Crippen LogP contribution < -0.4 is 5.32 Å². The molecule has 2 heterocycles. The van der Waals surface area contributed by atoms with E-state index < -0.39 is 0 Å². The second-order valence-corrected chi connectivity index (χ2v) is 4.42. The number of anilines is 1. The number of nitrogens with one attached hydrogen (secondary N) is 2. The minimum absolute atomic E-state index is 0.0119. The van der Waals surface area contributed by atoms with Gasteiger partial charge in [0.05, 0.1) is 23.5 Å². The molecule has 4 nitrogen and oxygen atoms in total. The lowest BCUT2D eigenvalue weighted by Gasteiger charge is -2.07. The number of hydrogen-bond donors (Lipinski definition) is 2. The molecule has 0 aliphatic carbocycles. The molecule has 1 aromatic carbocycles. The highest BCUT2D eigenvalue weighted by Crippen LogP contribution is 2.32. The maximum atomic E-state index is 11.8. The van der Waals surface area contributed by atoms with Crippen LogP contribution in [0.3, 0.4) is 0 Å². The van der Waals surface area contributed by atoms with E-state index in [9.17, 15) is 4.79 Å². The molecule has 1 aliphatic rings. The Bertz CT molecular complexity index is 613. The van der Waals surface area contributed by atoms with Crippen LogP contribution in [0.25, 0.3) is 11.3 Å². The lowest BCUT2D eigenvalue weighted by molar-refractivity contribution is -0.115. The van der Waals surface area contributed by atoms with E-state index in [0.29, 0.717) is 6.42 Å². The first kappa shape index (κ1) is 10.1. The summed E-state index contributed by atoms with van der Waals surface area (Å²) in [5.74, 6) is 0.832. The van der Waals surface area contributed by atoms with Gasteiger partial charge in [-0.25, -0.2) is 4.98 Å². The summed E-state index contributed by atoms with van der Waals surface area (Å²) >= 11 is 0. The quantitative estimate of drug-likeness (QED) is 0.724. The van der Waals surface area contributed by atoms with Crippen LogP contribution in [0.4, 0.5) is 5.69 Å². The van der Waals surface area contributed by atoms with Crippen LogP contribution in [0.5, 0.6) is 0 Å². The van der Waals surface area contributed by atoms with Crippen molar-refractivity contribution in [2.24, 2.45) is 0 Å². The Morgan fingerprint density at radius 1 is 1.29 bits per heavy atom. The first-order valence-electron chi connectivity index (χ1n) is 5.60. The number of imidazole rings is 1. The molecule has 0 radical (unpaired) electrons. The van der Waals surface area contributed by atoms with Crippen LogP contribution in [-0.4, -0.2) is 15.9 Å². The second kappa shape index (κ2) is 3.45. The fourth-order valence-corrected chi connectivity index (χ4v) is 2.22. The van der Waals surface area contributed by atoms with E-state index in [1.165, 1.54) is 0 Å². The number of aromatic nitrogens is 2. The minimum atomic E-state index is -0.0119. The van der Waals surface area contributed by atoms with Crippen LogP contribution >= 0.6 is 0 Å². The predicted octanol–water partition coefficient (Wildman–Crippen LogP) is 2.19. The largest absolute Gasteiger partial charge is 0.342 e. The zero-order valence-electron chi connectivity index (χ0n) is 9.79. The molecule has 1 amide bonds. The zero-order valence-corrected chi connectivity index (χ0v) is 9.79. The number of H-pyrrole nitrogens is 1. The molecule has 3 rings (SSSR count). The molecule has 17 heavy (non-hydrogen) atoms. The van der Waals surface area contributed by atoms with Crippen LogP contribution in [0.15, 0.2) is 18.2 Å². The molecule has 2 aromatic rings. The zero-order chi connectivity index (χ0) is 12.0. The third kappa shape index (κ3) is 1.62. The van der Waals surface area contributed by atoms with Crippen LogP contribution in [0, 0.1) is 13.8 Å². The Morgan fingerprint density at radius 3 is 2.94 bits per heavy atom. The fourth-order valence-electron chi connectivity index (χ4n) is 2.22. The number of hydrogen-bond acceptors (Lipinski definition) is 2. The molecule has 0 fully saturated rings. The van der Waals surface area contributed by atoms with Gasteiger partial charge in [-0.2, -0.15) is 0 Å². The number of carbonyl (C=O) groups excluding carboxylic acids is 1. The molecule has 0 spiro atoms. The molecule has 0 atom stereocenters. The molecule has 0 bridgehead atoms. The van der Waals surface area contributed by atoms with E-state index in [2.05, 4.69) is 15.3 Å². The summed E-state index contributed by atoms with van der Waals surface area (Å²) in [6.45, 7) is 3.91. The van der Waals surface area contributed by atoms with Crippen molar-refractivity contribution in [2.45, 2.75) is 20.3 Å². The van der Waals surface area contributed by atoms with E-state index in [0.717, 1.165) is 34.0 Å². The lowest BCUT2D eigenvalue weighted by Crippen LogP contribution is -2.13. The number of benzene rings is 1. The maximum absolute atomic E-state index is 11.8. The molecular formula is C13H13N3O. The molecule has 4 heteroatoms. The van der Waals surface area contributed by atoms with Gasteiger partial charge in [0.25, 0.3) is 0 Å². The Balaban J connectivity index is 2.28. The van der Waals surface area contributed by atoms with Gasteiger partial charge in [0.15, 0.2) is 0 Å². The average molecular weight is 227 g/mol. The topological polar surface area (TPSA) is 57.8 Å². The number of nitrogens with zero attached hydrogens (tertiary/aromatic N) is 1. The highest BCUT2D eigenvalue weighted by atomic mass is 16.1. The molecule has 2 N–H and O–H groups in total. The second-order valence-electron chi connectivity index (χ2n) is 4.42. The summed E-state index contributed by atoms with van der Waals surface area (Å²) in [5, 5.41) is 2.92. The monoisotopic (exact) mass is 227 g/mol. The number of carbonyl (C=O) groups is 1. The number of rotatable bonds is 0. The smallest absolute Gasteiger partial charge is 0.230 e. The van der Waals surface area contributed by atoms with Gasteiger partial charge in [0.1, 0.15) is 5.82 Å². The predicted molar refractivity (Wildman–Crippen MR) is 65.8 cm³/mol. The van der Waals surface area contributed by atoms with Gasteiger partial charge >= 0.3 is 0 Å². The number of aromatic amines is 1. The molecule has 1 aliphatic heterocycles. The van der Waals surface area contributed by atoms with Gasteiger partial charge < -0.3 is 10.3 Å². The molecule has 86 valence electrons. The van der Waals surface area contributed by atoms with E-state index in [4.69, 9.17) is 0 Å². The standard InChI is InChI=1S/C13H13N3O/c1-7-3-4-9-10(5-7)16-12(17)6-11-13(9)15-8(2)14-11/h3-5H,6H2,1-2H3,(H,14,15)(H,16,17). The third-order valence-electron chi connectivity index (χ3n) is 2.94. The molecule has 0 unspecified atom stereocenters. The summed E-state index contributed by atoms with van der Waals surface area (Å²) in [6.07, 6.45) is 0.327. The lowest BCUT2D eigenvalue weighted by atomic mass is 10.1. The molecule has 1 aromatic heterocycles. The van der Waals surface area contributed by atoms with E-state index in [-0.39, 0.29) is 5.91 Å².